The van der Waals surface area contributed by atoms with E-state index in [0.717, 1.165) is 29.7 Å². The van der Waals surface area contributed by atoms with Gasteiger partial charge in [-0.15, -0.1) is 0 Å². The molecule has 0 spiro atoms. The number of benzene rings is 1. The fraction of sp³-hybridized carbons (Fsp3) is 0.333. The lowest BCUT2D eigenvalue weighted by Gasteiger charge is -2.18. The number of aromatic nitrogens is 2. The Balaban J connectivity index is 2.37. The van der Waals surface area contributed by atoms with Crippen LogP contribution in [0, 0.1) is 18.3 Å². The summed E-state index contributed by atoms with van der Waals surface area (Å²) in [5.74, 6) is 0. The molecule has 1 unspecified atom stereocenters. The predicted molar refractivity (Wildman–Crippen MR) is 99.2 cm³/mol. The van der Waals surface area contributed by atoms with Gasteiger partial charge in [0, 0.05) is 23.2 Å². The highest BCUT2D eigenvalue weighted by Gasteiger charge is 2.24. The summed E-state index contributed by atoms with van der Waals surface area (Å²) in [7, 11) is 0. The molecule has 0 fully saturated rings. The van der Waals surface area contributed by atoms with Crippen molar-refractivity contribution in [3.63, 3.8) is 0 Å². The van der Waals surface area contributed by atoms with Crippen molar-refractivity contribution >= 4 is 11.0 Å². The number of fused-ring (bicyclic) bond motifs is 1. The fourth-order valence-corrected chi connectivity index (χ4v) is 3.41. The first-order chi connectivity index (χ1) is 12.5. The van der Waals surface area contributed by atoms with E-state index in [0.29, 0.717) is 16.6 Å². The van der Waals surface area contributed by atoms with Crippen LogP contribution in [0.5, 0.6) is 0 Å². The fourth-order valence-electron chi connectivity index (χ4n) is 3.41. The maximum absolute atomic E-state index is 13.2. The molecule has 1 aromatic carbocycles. The summed E-state index contributed by atoms with van der Waals surface area (Å²) in [4.78, 5) is 4.31. The first kappa shape index (κ1) is 18.1. The van der Waals surface area contributed by atoms with Gasteiger partial charge in [0.1, 0.15) is 11.7 Å². The molecule has 134 valence electrons. The van der Waals surface area contributed by atoms with Crippen LogP contribution in [0.4, 0.5) is 8.78 Å². The Morgan fingerprint density at radius 1 is 1.23 bits per heavy atom. The van der Waals surface area contributed by atoms with Crippen LogP contribution in [0.2, 0.25) is 0 Å². The van der Waals surface area contributed by atoms with Crippen LogP contribution < -0.4 is 0 Å². The zero-order valence-corrected chi connectivity index (χ0v) is 15.1. The van der Waals surface area contributed by atoms with Crippen molar-refractivity contribution in [3.05, 3.63) is 53.2 Å². The molecule has 0 saturated carbocycles. The minimum absolute atomic E-state index is 0.103. The monoisotopic (exact) mass is 353 g/mol. The minimum Gasteiger partial charge on any atom is -0.321 e. The number of alkyl halides is 2. The average molecular weight is 353 g/mol. The highest BCUT2D eigenvalue weighted by Crippen LogP contribution is 2.37. The van der Waals surface area contributed by atoms with Gasteiger partial charge >= 0.3 is 0 Å². The lowest BCUT2D eigenvalue weighted by Crippen LogP contribution is -2.07. The van der Waals surface area contributed by atoms with E-state index in [4.69, 9.17) is 0 Å². The van der Waals surface area contributed by atoms with E-state index in [-0.39, 0.29) is 11.6 Å². The van der Waals surface area contributed by atoms with Gasteiger partial charge in [-0.1, -0.05) is 43.2 Å². The molecule has 2 heterocycles. The molecule has 0 bridgehead atoms. The zero-order chi connectivity index (χ0) is 18.8. The molecular weight excluding hydrogens is 332 g/mol. The Hall–Kier alpha value is -2.74. The number of aryl methyl sites for hydroxylation is 1. The molecule has 26 heavy (non-hydrogen) atoms. The minimum atomic E-state index is -2.61. The van der Waals surface area contributed by atoms with Gasteiger partial charge in [0.05, 0.1) is 11.3 Å². The van der Waals surface area contributed by atoms with Gasteiger partial charge in [0.25, 0.3) is 6.43 Å². The molecule has 2 aromatic heterocycles. The maximum atomic E-state index is 13.2. The summed E-state index contributed by atoms with van der Waals surface area (Å²) in [5, 5.41) is 10.3. The van der Waals surface area contributed by atoms with Crippen molar-refractivity contribution in [1.82, 2.24) is 9.55 Å². The normalized spacial score (nSPS) is 12.5. The second kappa shape index (κ2) is 7.25. The molecule has 0 N–H and O–H groups in total. The van der Waals surface area contributed by atoms with E-state index in [1.807, 2.05) is 35.8 Å². The first-order valence-electron chi connectivity index (χ1n) is 8.77. The van der Waals surface area contributed by atoms with Crippen molar-refractivity contribution < 1.29 is 8.78 Å². The summed E-state index contributed by atoms with van der Waals surface area (Å²) in [6.45, 7) is 6.17. The molecule has 0 aliphatic rings. The van der Waals surface area contributed by atoms with E-state index in [2.05, 4.69) is 24.9 Å². The van der Waals surface area contributed by atoms with Crippen LogP contribution >= 0.6 is 0 Å². The molecule has 0 amide bonds. The number of nitriles is 1. The summed E-state index contributed by atoms with van der Waals surface area (Å²) in [6.07, 6.45) is 0.483. The third kappa shape index (κ3) is 3.08. The van der Waals surface area contributed by atoms with Crippen LogP contribution in [0.15, 0.2) is 36.5 Å². The van der Waals surface area contributed by atoms with E-state index in [1.165, 1.54) is 12.3 Å². The van der Waals surface area contributed by atoms with Gasteiger partial charge in [0.15, 0.2) is 0 Å². The predicted octanol–water partition coefficient (Wildman–Crippen LogP) is 6.18. The van der Waals surface area contributed by atoms with Crippen LogP contribution in [-0.2, 0) is 0 Å². The van der Waals surface area contributed by atoms with Crippen molar-refractivity contribution in [1.29, 1.82) is 5.26 Å². The summed E-state index contributed by atoms with van der Waals surface area (Å²) in [5.41, 5.74) is 3.60. The van der Waals surface area contributed by atoms with Crippen molar-refractivity contribution in [2.24, 2.45) is 0 Å². The molecule has 3 rings (SSSR count). The van der Waals surface area contributed by atoms with Gasteiger partial charge in [-0.25, -0.2) is 13.8 Å². The Bertz CT molecular complexity index is 966. The summed E-state index contributed by atoms with van der Waals surface area (Å²) in [6, 6.07) is 11.6. The Morgan fingerprint density at radius 2 is 1.92 bits per heavy atom. The Morgan fingerprint density at radius 3 is 2.50 bits per heavy atom. The Labute approximate surface area is 151 Å². The van der Waals surface area contributed by atoms with Gasteiger partial charge in [-0.05, 0) is 31.9 Å². The zero-order valence-electron chi connectivity index (χ0n) is 15.1. The highest BCUT2D eigenvalue weighted by atomic mass is 19.3. The molecule has 0 aliphatic heterocycles. The molecule has 0 radical (unpaired) electrons. The highest BCUT2D eigenvalue weighted by molar-refractivity contribution is 5.93. The number of halogens is 2. The largest absolute Gasteiger partial charge is 0.321 e. The summed E-state index contributed by atoms with van der Waals surface area (Å²) < 4.78 is 28.3. The number of nitrogens with zero attached hydrogens (tertiary/aromatic N) is 3. The molecule has 5 heteroatoms. The first-order valence-corrected chi connectivity index (χ1v) is 8.77. The number of hydrogen-bond acceptors (Lipinski definition) is 2. The molecule has 1 atom stereocenters. The molecule has 3 nitrogen and oxygen atoms in total. The SMILES string of the molecule is CCCC(C)n1c(-c2ccc(C)cc2)c(C#N)c2cc(C(F)F)cnc21. The number of rotatable bonds is 5. The van der Waals surface area contributed by atoms with E-state index in [9.17, 15) is 14.0 Å². The standard InChI is InChI=1S/C21H21F2N3/c1-4-5-14(3)26-19(15-8-6-13(2)7-9-15)18(11-24)17-10-16(20(22)23)12-25-21(17)26/h6-10,12,14,20H,4-5H2,1-3H3. The third-order valence-corrected chi connectivity index (χ3v) is 4.70. The lowest BCUT2D eigenvalue weighted by molar-refractivity contribution is 0.151. The molecule has 0 aliphatic carbocycles. The molecule has 0 saturated heterocycles. The van der Waals surface area contributed by atoms with Crippen molar-refractivity contribution in [3.8, 4) is 17.3 Å². The topological polar surface area (TPSA) is 41.6 Å². The van der Waals surface area contributed by atoms with Crippen LogP contribution in [0.25, 0.3) is 22.3 Å². The Kier molecular flexibility index (Phi) is 5.03. The molecular formula is C21H21F2N3. The number of hydrogen-bond donors (Lipinski definition) is 0. The van der Waals surface area contributed by atoms with E-state index >= 15 is 0 Å². The second-order valence-electron chi connectivity index (χ2n) is 6.65. The second-order valence-corrected chi connectivity index (χ2v) is 6.65. The van der Waals surface area contributed by atoms with Crippen molar-refractivity contribution in [2.45, 2.75) is 46.1 Å². The van der Waals surface area contributed by atoms with Crippen LogP contribution in [0.3, 0.4) is 0 Å². The van der Waals surface area contributed by atoms with Gasteiger partial charge in [-0.2, -0.15) is 5.26 Å². The van der Waals surface area contributed by atoms with E-state index < -0.39 is 6.43 Å². The average Bonchev–Trinajstić information content (AvgIpc) is 2.96. The smallest absolute Gasteiger partial charge is 0.265 e. The maximum Gasteiger partial charge on any atom is 0.265 e. The van der Waals surface area contributed by atoms with Crippen LogP contribution in [0.1, 0.15) is 55.8 Å². The van der Waals surface area contributed by atoms with Gasteiger partial charge < -0.3 is 4.57 Å². The molecule has 3 aromatic rings. The lowest BCUT2D eigenvalue weighted by atomic mass is 10.0. The van der Waals surface area contributed by atoms with Gasteiger partial charge in [-0.3, -0.25) is 0 Å². The van der Waals surface area contributed by atoms with Crippen molar-refractivity contribution in [2.75, 3.05) is 0 Å². The van der Waals surface area contributed by atoms with Crippen LogP contribution in [-0.4, -0.2) is 9.55 Å². The van der Waals surface area contributed by atoms with Gasteiger partial charge in [0.2, 0.25) is 0 Å². The number of pyridine rings is 1. The quantitative estimate of drug-likeness (QED) is 0.549. The van der Waals surface area contributed by atoms with E-state index in [1.54, 1.807) is 0 Å². The summed E-state index contributed by atoms with van der Waals surface area (Å²) >= 11 is 0. The third-order valence-electron chi connectivity index (χ3n) is 4.70.